The molecule has 8 N–H and O–H groups in total. The van der Waals surface area contributed by atoms with Gasteiger partial charge in [-0.15, -0.1) is 0 Å². The lowest BCUT2D eigenvalue weighted by atomic mass is 9.97. The van der Waals surface area contributed by atoms with Crippen molar-refractivity contribution in [2.75, 3.05) is 19.8 Å². The van der Waals surface area contributed by atoms with Crippen LogP contribution in [-0.2, 0) is 23.7 Å². The highest BCUT2D eigenvalue weighted by Crippen LogP contribution is 2.41. The van der Waals surface area contributed by atoms with Gasteiger partial charge in [-0.2, -0.15) is 0 Å². The summed E-state index contributed by atoms with van der Waals surface area (Å²) in [6, 6.07) is 0. The highest BCUT2D eigenvalue weighted by atomic mass is 16.9. The molecule has 0 aromatic rings. The van der Waals surface area contributed by atoms with Crippen molar-refractivity contribution < 1.29 is 64.6 Å². The molecule has 13 heteroatoms. The van der Waals surface area contributed by atoms with E-state index >= 15 is 0 Å². The summed E-state index contributed by atoms with van der Waals surface area (Å²) in [5.41, 5.74) is 0. The molecule has 2 saturated heterocycles. The molecule has 2 heterocycles. The molecule has 0 radical (unpaired) electrons. The van der Waals surface area contributed by atoms with Gasteiger partial charge in [-0.25, -0.2) is 0 Å². The second kappa shape index (κ2) is 8.18. The lowest BCUT2D eigenvalue weighted by molar-refractivity contribution is -0.498. The van der Waals surface area contributed by atoms with Gasteiger partial charge >= 0.3 is 11.9 Å². The fraction of sp³-hybridized carbons (Fsp3) is 0.929. The van der Waals surface area contributed by atoms with Crippen LogP contribution >= 0.6 is 0 Å². The smallest absolute Gasteiger partial charge is 0.362 e. The molecule has 2 rings (SSSR count). The van der Waals surface area contributed by atoms with Crippen molar-refractivity contribution in [3.05, 3.63) is 0 Å². The average Bonchev–Trinajstić information content (AvgIpc) is 2.87. The maximum Gasteiger partial charge on any atom is 0.362 e. The normalized spacial score (nSPS) is 47.8. The Balaban J connectivity index is 2.45. The summed E-state index contributed by atoms with van der Waals surface area (Å²) in [4.78, 5) is 11.5. The third kappa shape index (κ3) is 3.81. The van der Waals surface area contributed by atoms with Gasteiger partial charge in [-0.05, 0) is 0 Å². The van der Waals surface area contributed by atoms with E-state index in [1.54, 1.807) is 0 Å². The zero-order valence-corrected chi connectivity index (χ0v) is 14.3. The molecule has 0 saturated carbocycles. The molecule has 2 aliphatic heterocycles. The maximum atomic E-state index is 11.5. The van der Waals surface area contributed by atoms with Crippen LogP contribution in [0.2, 0.25) is 0 Å². The van der Waals surface area contributed by atoms with Crippen molar-refractivity contribution in [1.82, 2.24) is 0 Å². The largest absolute Gasteiger partial charge is 0.406 e. The second-order valence-electron chi connectivity index (χ2n) is 6.31. The Morgan fingerprint density at radius 2 is 1.44 bits per heavy atom. The molecule has 2 fully saturated rings. The van der Waals surface area contributed by atoms with Crippen molar-refractivity contribution in [2.24, 2.45) is 0 Å². The molecule has 0 aromatic heterocycles. The van der Waals surface area contributed by atoms with E-state index in [0.29, 0.717) is 0 Å². The summed E-state index contributed by atoms with van der Waals surface area (Å²) in [7, 11) is 0. The highest BCUT2D eigenvalue weighted by Gasteiger charge is 2.65. The molecule has 0 aromatic carbocycles. The van der Waals surface area contributed by atoms with E-state index in [2.05, 4.69) is 0 Å². The number of aliphatic hydroxyl groups is 8. The zero-order valence-electron chi connectivity index (χ0n) is 14.3. The SMILES string of the molecule is CC(=O)O[C@@]1(OC2(CO)O[C@H](CO)[C@@H](O)[C@@H]2O)O[C@H](CO)[C@@H](O)[C@H](O)[C@H]1O. The average molecular weight is 400 g/mol. The third-order valence-corrected chi connectivity index (χ3v) is 4.42. The van der Waals surface area contributed by atoms with Crippen LogP contribution in [0.15, 0.2) is 0 Å². The zero-order chi connectivity index (χ0) is 20.6. The minimum atomic E-state index is -2.94. The lowest BCUT2D eigenvalue weighted by Gasteiger charge is -2.49. The molecule has 9 atom stereocenters. The molecule has 2 aliphatic rings. The number of ether oxygens (including phenoxy) is 4. The monoisotopic (exact) mass is 400 g/mol. The Morgan fingerprint density at radius 3 is 1.89 bits per heavy atom. The van der Waals surface area contributed by atoms with E-state index in [1.807, 2.05) is 0 Å². The van der Waals surface area contributed by atoms with E-state index in [-0.39, 0.29) is 0 Å². The van der Waals surface area contributed by atoms with E-state index in [9.17, 15) is 45.6 Å². The molecule has 0 spiro atoms. The summed E-state index contributed by atoms with van der Waals surface area (Å²) in [6.45, 7) is -1.96. The van der Waals surface area contributed by atoms with Crippen molar-refractivity contribution in [2.45, 2.75) is 61.4 Å². The predicted octanol–water partition coefficient (Wildman–Crippen LogP) is -5.50. The van der Waals surface area contributed by atoms with Gasteiger partial charge in [0, 0.05) is 6.92 Å². The molecule has 0 amide bonds. The Morgan fingerprint density at radius 1 is 0.889 bits per heavy atom. The Bertz CT molecular complexity index is 529. The van der Waals surface area contributed by atoms with Crippen LogP contribution in [0, 0.1) is 0 Å². The molecular weight excluding hydrogens is 376 g/mol. The number of hydrogen-bond acceptors (Lipinski definition) is 13. The van der Waals surface area contributed by atoms with Crippen LogP contribution in [0.25, 0.3) is 0 Å². The minimum Gasteiger partial charge on any atom is -0.406 e. The van der Waals surface area contributed by atoms with Gasteiger partial charge in [-0.3, -0.25) is 9.53 Å². The van der Waals surface area contributed by atoms with E-state index < -0.39 is 80.3 Å². The fourth-order valence-corrected chi connectivity index (χ4v) is 2.99. The quantitative estimate of drug-likeness (QED) is 0.154. The van der Waals surface area contributed by atoms with Crippen LogP contribution < -0.4 is 0 Å². The van der Waals surface area contributed by atoms with Gasteiger partial charge < -0.3 is 55.1 Å². The van der Waals surface area contributed by atoms with Gasteiger partial charge in [0.15, 0.2) is 6.10 Å². The molecule has 0 bridgehead atoms. The first-order valence-corrected chi connectivity index (χ1v) is 8.05. The van der Waals surface area contributed by atoms with Gasteiger partial charge in [0.25, 0.3) is 0 Å². The summed E-state index contributed by atoms with van der Waals surface area (Å²) in [6.07, 6.45) is -12.9. The van der Waals surface area contributed by atoms with E-state index in [4.69, 9.17) is 18.9 Å². The predicted molar refractivity (Wildman–Crippen MR) is 79.4 cm³/mol. The van der Waals surface area contributed by atoms with E-state index in [0.717, 1.165) is 6.92 Å². The van der Waals surface area contributed by atoms with Crippen LogP contribution in [0.1, 0.15) is 6.92 Å². The lowest BCUT2D eigenvalue weighted by Crippen LogP contribution is -2.70. The number of esters is 1. The summed E-state index contributed by atoms with van der Waals surface area (Å²) in [5, 5.41) is 78.5. The highest BCUT2D eigenvalue weighted by molar-refractivity contribution is 5.66. The summed E-state index contributed by atoms with van der Waals surface area (Å²) >= 11 is 0. The minimum absolute atomic E-state index is 0.784. The first-order valence-electron chi connectivity index (χ1n) is 8.05. The number of rotatable bonds is 6. The second-order valence-corrected chi connectivity index (χ2v) is 6.31. The van der Waals surface area contributed by atoms with Crippen LogP contribution in [0.3, 0.4) is 0 Å². The van der Waals surface area contributed by atoms with Crippen molar-refractivity contribution in [3.8, 4) is 0 Å². The fourth-order valence-electron chi connectivity index (χ4n) is 2.99. The standard InChI is InChI=1S/C14H24O13/c1-5(18)24-14(12(23)10(21)8(19)6(2-15)26-14)27-13(4-17)11(22)9(20)7(3-16)25-13/h6-12,15-17,19-23H,2-4H2,1H3/t6-,7-,8-,9-,10+,11+,12-,13?,14-/m1/s1. The van der Waals surface area contributed by atoms with Gasteiger partial charge in [0.05, 0.1) is 13.2 Å². The maximum absolute atomic E-state index is 11.5. The van der Waals surface area contributed by atoms with Crippen LogP contribution in [0.4, 0.5) is 0 Å². The van der Waals surface area contributed by atoms with Crippen LogP contribution in [0.5, 0.6) is 0 Å². The van der Waals surface area contributed by atoms with Crippen LogP contribution in [-0.4, -0.2) is 121 Å². The number of hydrogen-bond donors (Lipinski definition) is 8. The Hall–Kier alpha value is -0.970. The molecule has 158 valence electrons. The number of carbonyl (C=O) groups excluding carboxylic acids is 1. The van der Waals surface area contributed by atoms with E-state index in [1.165, 1.54) is 0 Å². The Kier molecular flexibility index (Phi) is 6.76. The molecule has 1 unspecified atom stereocenters. The number of aliphatic hydroxyl groups excluding tert-OH is 8. The summed E-state index contributed by atoms with van der Waals surface area (Å²) < 4.78 is 20.4. The van der Waals surface area contributed by atoms with Crippen molar-refractivity contribution in [3.63, 3.8) is 0 Å². The topological polar surface area (TPSA) is 216 Å². The van der Waals surface area contributed by atoms with Crippen molar-refractivity contribution >= 4 is 5.97 Å². The molecule has 13 nitrogen and oxygen atoms in total. The third-order valence-electron chi connectivity index (χ3n) is 4.42. The first-order chi connectivity index (χ1) is 12.6. The molecule has 27 heavy (non-hydrogen) atoms. The first kappa shape index (κ1) is 22.3. The Labute approximate surface area is 152 Å². The number of carbonyl (C=O) groups is 1. The van der Waals surface area contributed by atoms with Gasteiger partial charge in [0.1, 0.15) is 43.2 Å². The summed E-state index contributed by atoms with van der Waals surface area (Å²) in [5.74, 6) is -6.59. The van der Waals surface area contributed by atoms with Gasteiger partial charge in [-0.1, -0.05) is 0 Å². The molecular formula is C14H24O13. The van der Waals surface area contributed by atoms with Gasteiger partial charge in [0.2, 0.25) is 5.79 Å². The molecule has 0 aliphatic carbocycles. The van der Waals surface area contributed by atoms with Crippen molar-refractivity contribution in [1.29, 1.82) is 0 Å².